The van der Waals surface area contributed by atoms with Crippen LogP contribution in [0.3, 0.4) is 0 Å². The fourth-order valence-electron chi connectivity index (χ4n) is 1.76. The lowest BCUT2D eigenvalue weighted by molar-refractivity contribution is -0.122. The molecule has 3 N–H and O–H groups in total. The molecule has 1 aromatic carbocycles. The van der Waals surface area contributed by atoms with E-state index in [9.17, 15) is 4.79 Å². The molecule has 1 aromatic rings. The van der Waals surface area contributed by atoms with E-state index in [0.29, 0.717) is 5.69 Å². The van der Waals surface area contributed by atoms with Crippen LogP contribution >= 0.6 is 0 Å². The summed E-state index contributed by atoms with van der Waals surface area (Å²) in [6.07, 6.45) is 0.989. The second kappa shape index (κ2) is 6.06. The number of hydrogen-bond donors (Lipinski definition) is 2. The molecule has 0 fully saturated rings. The van der Waals surface area contributed by atoms with Crippen LogP contribution in [0.2, 0.25) is 0 Å². The van der Waals surface area contributed by atoms with Gasteiger partial charge in [0.05, 0.1) is 6.04 Å². The average Bonchev–Trinajstić information content (AvgIpc) is 2.39. The first-order valence-corrected chi connectivity index (χ1v) is 6.67. The topological polar surface area (TPSA) is 58.4 Å². The molecule has 1 rings (SSSR count). The predicted molar refractivity (Wildman–Crippen MR) is 81.1 cm³/mol. The zero-order chi connectivity index (χ0) is 14.6. The lowest BCUT2D eigenvalue weighted by Crippen LogP contribution is -2.50. The molecule has 106 valence electrons. The first-order valence-electron chi connectivity index (χ1n) is 6.67. The van der Waals surface area contributed by atoms with E-state index < -0.39 is 0 Å². The second-order valence-electron chi connectivity index (χ2n) is 5.56. The molecular formula is C15H25N3O. The van der Waals surface area contributed by atoms with E-state index in [2.05, 4.69) is 31.0 Å². The van der Waals surface area contributed by atoms with Crippen molar-refractivity contribution in [2.75, 3.05) is 18.1 Å². The van der Waals surface area contributed by atoms with Crippen molar-refractivity contribution in [1.29, 1.82) is 0 Å². The van der Waals surface area contributed by atoms with Gasteiger partial charge in [-0.3, -0.25) is 9.69 Å². The van der Waals surface area contributed by atoms with Crippen molar-refractivity contribution in [3.63, 3.8) is 0 Å². The summed E-state index contributed by atoms with van der Waals surface area (Å²) in [5, 5.41) is 2.91. The number of nitrogens with zero attached hydrogens (tertiary/aromatic N) is 1. The van der Waals surface area contributed by atoms with Crippen LogP contribution in [-0.2, 0) is 4.79 Å². The summed E-state index contributed by atoms with van der Waals surface area (Å²) in [7, 11) is 1.98. The van der Waals surface area contributed by atoms with Crippen molar-refractivity contribution in [1.82, 2.24) is 4.90 Å². The maximum Gasteiger partial charge on any atom is 0.241 e. The molecule has 1 unspecified atom stereocenters. The Morgan fingerprint density at radius 3 is 2.37 bits per heavy atom. The summed E-state index contributed by atoms with van der Waals surface area (Å²) < 4.78 is 0. The largest absolute Gasteiger partial charge is 0.399 e. The molecule has 0 radical (unpaired) electrons. The van der Waals surface area contributed by atoms with Crippen molar-refractivity contribution < 1.29 is 4.79 Å². The number of nitrogen functional groups attached to an aromatic ring is 1. The first-order chi connectivity index (χ1) is 8.77. The van der Waals surface area contributed by atoms with E-state index in [-0.39, 0.29) is 17.5 Å². The Kier molecular flexibility index (Phi) is 4.95. The highest BCUT2D eigenvalue weighted by Gasteiger charge is 2.29. The normalized spacial score (nSPS) is 13.4. The van der Waals surface area contributed by atoms with Crippen molar-refractivity contribution in [2.45, 2.75) is 45.7 Å². The van der Waals surface area contributed by atoms with Crippen LogP contribution in [0.5, 0.6) is 0 Å². The third-order valence-corrected chi connectivity index (χ3v) is 3.96. The molecular weight excluding hydrogens is 238 g/mol. The Morgan fingerprint density at radius 2 is 1.89 bits per heavy atom. The Labute approximate surface area is 116 Å². The minimum atomic E-state index is -0.187. The van der Waals surface area contributed by atoms with Crippen molar-refractivity contribution in [3.05, 3.63) is 24.3 Å². The number of rotatable bonds is 5. The Hall–Kier alpha value is -1.55. The van der Waals surface area contributed by atoms with Crippen LogP contribution in [0.4, 0.5) is 11.4 Å². The van der Waals surface area contributed by atoms with Gasteiger partial charge >= 0.3 is 0 Å². The van der Waals surface area contributed by atoms with Gasteiger partial charge in [0.15, 0.2) is 0 Å². The SMILES string of the molecule is CCC(C)(C)N(C)C(C)C(=O)Nc1ccc(N)cc1. The maximum atomic E-state index is 12.2. The molecule has 0 saturated carbocycles. The second-order valence-corrected chi connectivity index (χ2v) is 5.56. The Balaban J connectivity index is 2.70. The van der Waals surface area contributed by atoms with Crippen LogP contribution in [0.25, 0.3) is 0 Å². The highest BCUT2D eigenvalue weighted by molar-refractivity contribution is 5.94. The zero-order valence-electron chi connectivity index (χ0n) is 12.5. The van der Waals surface area contributed by atoms with Gasteiger partial charge in [0.2, 0.25) is 5.91 Å². The molecule has 4 heteroatoms. The lowest BCUT2D eigenvalue weighted by atomic mass is 9.98. The van der Waals surface area contributed by atoms with Gasteiger partial charge in [-0.2, -0.15) is 0 Å². The third-order valence-electron chi connectivity index (χ3n) is 3.96. The van der Waals surface area contributed by atoms with E-state index in [0.717, 1.165) is 12.1 Å². The van der Waals surface area contributed by atoms with Crippen molar-refractivity contribution in [2.24, 2.45) is 0 Å². The quantitative estimate of drug-likeness (QED) is 0.803. The number of anilines is 2. The molecule has 0 aliphatic carbocycles. The predicted octanol–water partition coefficient (Wildman–Crippen LogP) is 2.72. The number of amides is 1. The van der Waals surface area contributed by atoms with Gasteiger partial charge in [0, 0.05) is 16.9 Å². The summed E-state index contributed by atoms with van der Waals surface area (Å²) >= 11 is 0. The molecule has 0 saturated heterocycles. The number of likely N-dealkylation sites (N-methyl/N-ethyl adjacent to an activating group) is 1. The number of nitrogens with two attached hydrogens (primary N) is 1. The van der Waals surface area contributed by atoms with Gasteiger partial charge in [0.1, 0.15) is 0 Å². The minimum absolute atomic E-state index is 0.00211. The van der Waals surface area contributed by atoms with Crippen LogP contribution < -0.4 is 11.1 Å². The van der Waals surface area contributed by atoms with E-state index >= 15 is 0 Å². The van der Waals surface area contributed by atoms with Gasteiger partial charge < -0.3 is 11.1 Å². The van der Waals surface area contributed by atoms with Crippen molar-refractivity contribution in [3.8, 4) is 0 Å². The van der Waals surface area contributed by atoms with Gasteiger partial charge in [-0.25, -0.2) is 0 Å². The molecule has 1 atom stereocenters. The van der Waals surface area contributed by atoms with E-state index in [1.807, 2.05) is 26.1 Å². The molecule has 1 amide bonds. The highest BCUT2D eigenvalue weighted by atomic mass is 16.2. The van der Waals surface area contributed by atoms with E-state index in [1.165, 1.54) is 0 Å². The minimum Gasteiger partial charge on any atom is -0.399 e. The summed E-state index contributed by atoms with van der Waals surface area (Å²) in [4.78, 5) is 14.3. The van der Waals surface area contributed by atoms with Crippen LogP contribution in [0, 0.1) is 0 Å². The molecule has 0 heterocycles. The summed E-state index contributed by atoms with van der Waals surface area (Å²) in [5.74, 6) is -0.00574. The summed E-state index contributed by atoms with van der Waals surface area (Å²) in [6.45, 7) is 8.32. The molecule has 0 spiro atoms. The van der Waals surface area contributed by atoms with Crippen LogP contribution in [0.15, 0.2) is 24.3 Å². The average molecular weight is 263 g/mol. The van der Waals surface area contributed by atoms with Gasteiger partial charge in [0.25, 0.3) is 0 Å². The fourth-order valence-corrected chi connectivity index (χ4v) is 1.76. The lowest BCUT2D eigenvalue weighted by Gasteiger charge is -2.38. The number of carbonyl (C=O) groups excluding carboxylic acids is 1. The molecule has 0 aliphatic rings. The molecule has 19 heavy (non-hydrogen) atoms. The number of hydrogen-bond acceptors (Lipinski definition) is 3. The maximum absolute atomic E-state index is 12.2. The van der Waals surface area contributed by atoms with Gasteiger partial charge in [-0.1, -0.05) is 6.92 Å². The van der Waals surface area contributed by atoms with Gasteiger partial charge in [-0.15, -0.1) is 0 Å². The van der Waals surface area contributed by atoms with E-state index in [4.69, 9.17) is 5.73 Å². The Bertz CT molecular complexity index is 426. The van der Waals surface area contributed by atoms with Crippen molar-refractivity contribution >= 4 is 17.3 Å². The van der Waals surface area contributed by atoms with Gasteiger partial charge in [-0.05, 0) is 58.5 Å². The number of nitrogens with one attached hydrogen (secondary N) is 1. The summed E-state index contributed by atoms with van der Waals surface area (Å²) in [6, 6.07) is 6.99. The summed E-state index contributed by atoms with van der Waals surface area (Å²) in [5.41, 5.74) is 7.08. The smallest absolute Gasteiger partial charge is 0.241 e. The van der Waals surface area contributed by atoms with Crippen LogP contribution in [0.1, 0.15) is 34.1 Å². The number of carbonyl (C=O) groups is 1. The van der Waals surface area contributed by atoms with Crippen LogP contribution in [-0.4, -0.2) is 29.4 Å². The molecule has 0 bridgehead atoms. The third kappa shape index (κ3) is 3.96. The highest BCUT2D eigenvalue weighted by Crippen LogP contribution is 2.20. The molecule has 0 aromatic heterocycles. The Morgan fingerprint density at radius 1 is 1.37 bits per heavy atom. The monoisotopic (exact) mass is 263 g/mol. The first kappa shape index (κ1) is 15.5. The number of benzene rings is 1. The standard InChI is InChI=1S/C15H25N3O/c1-6-15(3,4)18(5)11(2)14(19)17-13-9-7-12(16)8-10-13/h7-11H,6,16H2,1-5H3,(H,17,19). The van der Waals surface area contributed by atoms with E-state index in [1.54, 1.807) is 12.1 Å². The fraction of sp³-hybridized carbons (Fsp3) is 0.533. The molecule has 0 aliphatic heterocycles. The molecule has 4 nitrogen and oxygen atoms in total. The zero-order valence-corrected chi connectivity index (χ0v) is 12.5.